The van der Waals surface area contributed by atoms with Crippen LogP contribution in [-0.4, -0.2) is 65.4 Å². The molecule has 0 saturated heterocycles. The second kappa shape index (κ2) is 8.69. The predicted molar refractivity (Wildman–Crippen MR) is 105 cm³/mol. The average Bonchev–Trinajstić information content (AvgIpc) is 3.24. The van der Waals surface area contributed by atoms with Gasteiger partial charge in [0, 0.05) is 19.4 Å². The van der Waals surface area contributed by atoms with E-state index in [-0.39, 0.29) is 16.3 Å². The summed E-state index contributed by atoms with van der Waals surface area (Å²) in [5.74, 6) is -3.89. The van der Waals surface area contributed by atoms with E-state index in [0.717, 1.165) is 6.21 Å². The number of halogens is 5. The number of methoxy groups -OCH3 is 1. The average molecular weight is 476 g/mol. The molecule has 0 fully saturated rings. The van der Waals surface area contributed by atoms with Crippen molar-refractivity contribution < 1.29 is 36.7 Å². The maximum atomic E-state index is 14.4. The first-order valence-electron chi connectivity index (χ1n) is 9.24. The number of aliphatic hydroxyl groups is 1. The first kappa shape index (κ1) is 24.0. The lowest BCUT2D eigenvalue weighted by atomic mass is 9.91. The summed E-state index contributed by atoms with van der Waals surface area (Å²) >= 11 is 6.03. The van der Waals surface area contributed by atoms with Crippen LogP contribution in [0.4, 0.5) is 17.6 Å². The molecule has 1 aromatic heterocycles. The van der Waals surface area contributed by atoms with Crippen molar-refractivity contribution in [2.45, 2.75) is 37.6 Å². The largest absolute Gasteiger partial charge is 0.411 e. The van der Waals surface area contributed by atoms with Crippen LogP contribution in [0.5, 0.6) is 0 Å². The highest BCUT2D eigenvalue weighted by Gasteiger charge is 2.54. The molecule has 0 amide bonds. The summed E-state index contributed by atoms with van der Waals surface area (Å²) in [5.41, 5.74) is -2.66. The number of hydrogen-bond donors (Lipinski definition) is 1. The van der Waals surface area contributed by atoms with Crippen molar-refractivity contribution in [1.82, 2.24) is 10.2 Å². The highest BCUT2D eigenvalue weighted by Crippen LogP contribution is 2.43. The fourth-order valence-corrected chi connectivity index (χ4v) is 3.64. The summed E-state index contributed by atoms with van der Waals surface area (Å²) in [4.78, 5) is 12.8. The number of alkyl halides is 3. The molecule has 0 radical (unpaired) electrons. The molecule has 0 bridgehead atoms. The molecule has 2 heterocycles. The van der Waals surface area contributed by atoms with Crippen LogP contribution in [0.1, 0.15) is 35.9 Å². The number of rotatable bonds is 7. The molecule has 2 atom stereocenters. The lowest BCUT2D eigenvalue weighted by molar-refractivity contribution is -0.187. The van der Waals surface area contributed by atoms with E-state index in [0.29, 0.717) is 5.01 Å². The fourth-order valence-electron chi connectivity index (χ4n) is 3.41. The van der Waals surface area contributed by atoms with E-state index in [9.17, 15) is 27.5 Å². The van der Waals surface area contributed by atoms with Crippen LogP contribution in [0.2, 0.25) is 5.02 Å². The first-order valence-corrected chi connectivity index (χ1v) is 9.62. The molecule has 0 spiro atoms. The van der Waals surface area contributed by atoms with Crippen molar-refractivity contribution in [2.24, 2.45) is 5.10 Å². The number of Topliss-reactive ketones (excluding diaryl/α,β-unsaturated/α-hetero) is 1. The molecule has 12 heteroatoms. The molecule has 1 aromatic carbocycles. The molecule has 2 unspecified atom stereocenters. The van der Waals surface area contributed by atoms with Crippen molar-refractivity contribution in [3.8, 4) is 11.3 Å². The van der Waals surface area contributed by atoms with E-state index >= 15 is 0 Å². The standard InChI is InChI=1S/C20H18ClF4N3O4/c1-19(2,30)9-28-18(20(23,24)25)10(7-26-28)17-15(13(29)8-31-3)16(27-32-17)14-11(21)5-4-6-12(14)22/h5,7,10,18,30H,8-9H2,1-3H3. The lowest BCUT2D eigenvalue weighted by Crippen LogP contribution is -2.48. The Kier molecular flexibility index (Phi) is 6.51. The quantitative estimate of drug-likeness (QED) is 0.486. The number of carbonyl (C=O) groups is 1. The minimum atomic E-state index is -4.82. The lowest BCUT2D eigenvalue weighted by Gasteiger charge is -2.32. The predicted octanol–water partition coefficient (Wildman–Crippen LogP) is 3.65. The highest BCUT2D eigenvalue weighted by molar-refractivity contribution is 6.33. The van der Waals surface area contributed by atoms with Gasteiger partial charge in [-0.3, -0.25) is 9.80 Å². The number of aromatic nitrogens is 1. The molecular formula is C20H18ClF4N3O4. The van der Waals surface area contributed by atoms with Crippen molar-refractivity contribution in [2.75, 3.05) is 20.3 Å². The minimum Gasteiger partial charge on any atom is -0.389 e. The molecule has 2 aromatic rings. The minimum absolute atomic E-state index is 0.191. The van der Waals surface area contributed by atoms with Gasteiger partial charge < -0.3 is 14.4 Å². The Balaban J connectivity index is 2.16. The zero-order valence-corrected chi connectivity index (χ0v) is 17.9. The van der Waals surface area contributed by atoms with E-state index in [1.165, 1.54) is 27.0 Å². The summed E-state index contributed by atoms with van der Waals surface area (Å²) in [6.45, 7) is 1.68. The monoisotopic (exact) mass is 475 g/mol. The van der Waals surface area contributed by atoms with Crippen LogP contribution in [0.3, 0.4) is 0 Å². The van der Waals surface area contributed by atoms with Crippen molar-refractivity contribution in [3.63, 3.8) is 0 Å². The van der Waals surface area contributed by atoms with Crippen molar-refractivity contribution in [3.05, 3.63) is 40.4 Å². The highest BCUT2D eigenvalue weighted by atomic mass is 35.5. The molecule has 32 heavy (non-hydrogen) atoms. The van der Waals surface area contributed by atoms with Crippen LogP contribution in [0.15, 0.2) is 15.7 Å². The van der Waals surface area contributed by atoms with Gasteiger partial charge >= 0.3 is 6.18 Å². The summed E-state index contributed by atoms with van der Waals surface area (Å²) in [6.07, 6.45) is -3.88. The van der Waals surface area contributed by atoms with Gasteiger partial charge in [0.25, 0.3) is 0 Å². The number of hydrazone groups is 1. The molecular weight excluding hydrogens is 458 g/mol. The van der Waals surface area contributed by atoms with Gasteiger partial charge in [0.1, 0.15) is 12.3 Å². The summed E-state index contributed by atoms with van der Waals surface area (Å²) in [6, 6.07) is 3.37. The molecule has 1 aliphatic rings. The van der Waals surface area contributed by atoms with Gasteiger partial charge in [-0.2, -0.15) is 22.7 Å². The van der Waals surface area contributed by atoms with Crippen molar-refractivity contribution in [1.29, 1.82) is 0 Å². The molecule has 7 nitrogen and oxygen atoms in total. The number of hydrogen-bond acceptors (Lipinski definition) is 7. The number of β-amino-alcohol motifs (C(OH)–C–C–N with tert-alkyl or cyclic N) is 1. The van der Waals surface area contributed by atoms with E-state index in [1.54, 1.807) is 0 Å². The third kappa shape index (κ3) is 4.72. The Bertz CT molecular complexity index is 1010. The zero-order valence-electron chi connectivity index (χ0n) is 17.1. The summed E-state index contributed by atoms with van der Waals surface area (Å²) in [7, 11) is 1.21. The number of ketones is 1. The van der Waals surface area contributed by atoms with Crippen LogP contribution < -0.4 is 0 Å². The first-order chi connectivity index (χ1) is 14.8. The van der Waals surface area contributed by atoms with E-state index in [2.05, 4.69) is 22.4 Å². The Morgan fingerprint density at radius 2 is 2.09 bits per heavy atom. The Morgan fingerprint density at radius 1 is 1.41 bits per heavy atom. The maximum Gasteiger partial charge on any atom is 0.411 e. The van der Waals surface area contributed by atoms with Crippen LogP contribution >= 0.6 is 11.6 Å². The number of nitrogens with zero attached hydrogens (tertiary/aromatic N) is 3. The van der Waals surface area contributed by atoms with Crippen LogP contribution in [0, 0.1) is 17.9 Å². The van der Waals surface area contributed by atoms with Gasteiger partial charge in [-0.05, 0) is 19.9 Å². The van der Waals surface area contributed by atoms with Gasteiger partial charge in [0.05, 0.1) is 34.2 Å². The molecule has 0 saturated carbocycles. The second-order valence-electron chi connectivity index (χ2n) is 7.76. The Hall–Kier alpha value is -2.68. The topological polar surface area (TPSA) is 88.2 Å². The van der Waals surface area contributed by atoms with Crippen LogP contribution in [-0.2, 0) is 4.74 Å². The molecule has 0 aliphatic carbocycles. The molecule has 3 rings (SSSR count). The smallest absolute Gasteiger partial charge is 0.389 e. The van der Waals surface area contributed by atoms with E-state index in [1.807, 2.05) is 0 Å². The molecule has 1 N–H and O–H groups in total. The summed E-state index contributed by atoms with van der Waals surface area (Å²) < 4.78 is 66.4. The van der Waals surface area contributed by atoms with Gasteiger partial charge in [-0.25, -0.2) is 0 Å². The van der Waals surface area contributed by atoms with Gasteiger partial charge in [0.2, 0.25) is 0 Å². The normalized spacial score (nSPS) is 18.8. The second-order valence-corrected chi connectivity index (χ2v) is 8.17. The molecule has 172 valence electrons. The zero-order chi connectivity index (χ0) is 23.8. The summed E-state index contributed by atoms with van der Waals surface area (Å²) in [5, 5.41) is 17.9. The van der Waals surface area contributed by atoms with Crippen LogP contribution in [0.25, 0.3) is 11.3 Å². The van der Waals surface area contributed by atoms with E-state index in [4.69, 9.17) is 20.9 Å². The fraction of sp³-hybridized carbons (Fsp3) is 0.450. The van der Waals surface area contributed by atoms with Crippen molar-refractivity contribution >= 4 is 23.6 Å². The Morgan fingerprint density at radius 3 is 2.66 bits per heavy atom. The van der Waals surface area contributed by atoms with Gasteiger partial charge in [0.15, 0.2) is 23.4 Å². The van der Waals surface area contributed by atoms with E-state index < -0.39 is 59.8 Å². The van der Waals surface area contributed by atoms with Gasteiger partial charge in [-0.15, -0.1) is 0 Å². The SMILES string of the molecule is COCC(=O)c1c(-c2c(F)c#ccc2Cl)noc1C1C=NN(CC(C)(C)O)C1C(F)(F)F. The van der Waals surface area contributed by atoms with Gasteiger partial charge in [-0.1, -0.05) is 22.8 Å². The third-order valence-electron chi connectivity index (χ3n) is 4.57. The number of ether oxygens (including phenoxy) is 1. The molecule has 1 aliphatic heterocycles. The third-order valence-corrected chi connectivity index (χ3v) is 4.87. The Labute approximate surface area is 185 Å². The number of carbonyl (C=O) groups excluding carboxylic acids is 1. The maximum absolute atomic E-state index is 14.4.